The van der Waals surface area contributed by atoms with Crippen molar-refractivity contribution in [2.45, 2.75) is 12.2 Å². The van der Waals surface area contributed by atoms with Crippen molar-refractivity contribution in [1.82, 2.24) is 5.32 Å². The van der Waals surface area contributed by atoms with Gasteiger partial charge in [0.2, 0.25) is 0 Å². The SMILES string of the molecule is CNCC(=O)c1cc2c(s1)CCS(=O)(=O)C2. The van der Waals surface area contributed by atoms with Crippen molar-refractivity contribution in [1.29, 1.82) is 0 Å². The van der Waals surface area contributed by atoms with Crippen LogP contribution in [0.5, 0.6) is 0 Å². The number of hydrogen-bond acceptors (Lipinski definition) is 5. The van der Waals surface area contributed by atoms with Crippen LogP contribution in [0.2, 0.25) is 0 Å². The van der Waals surface area contributed by atoms with Crippen LogP contribution in [-0.4, -0.2) is 33.5 Å². The van der Waals surface area contributed by atoms with Crippen LogP contribution in [0.25, 0.3) is 0 Å². The minimum absolute atomic E-state index is 0.0271. The van der Waals surface area contributed by atoms with Gasteiger partial charge in [0, 0.05) is 4.88 Å². The average Bonchev–Trinajstić information content (AvgIpc) is 2.59. The molecule has 0 amide bonds. The predicted octanol–water partition coefficient (Wildman–Crippen LogP) is 0.621. The number of nitrogens with one attached hydrogen (secondary N) is 1. The molecule has 0 radical (unpaired) electrons. The molecule has 2 rings (SSSR count). The number of rotatable bonds is 3. The molecule has 2 heterocycles. The van der Waals surface area contributed by atoms with E-state index in [1.807, 2.05) is 0 Å². The summed E-state index contributed by atoms with van der Waals surface area (Å²) in [4.78, 5) is 13.3. The molecule has 88 valence electrons. The first-order chi connectivity index (χ1) is 7.52. The van der Waals surface area contributed by atoms with Crippen molar-refractivity contribution in [2.24, 2.45) is 0 Å². The zero-order valence-corrected chi connectivity index (χ0v) is 10.6. The number of likely N-dealkylation sites (N-methyl/N-ethyl adjacent to an activating group) is 1. The Labute approximate surface area is 98.6 Å². The molecule has 4 nitrogen and oxygen atoms in total. The van der Waals surface area contributed by atoms with Crippen LogP contribution < -0.4 is 5.32 Å². The van der Waals surface area contributed by atoms with E-state index < -0.39 is 9.84 Å². The van der Waals surface area contributed by atoms with Gasteiger partial charge in [-0.2, -0.15) is 0 Å². The molecule has 16 heavy (non-hydrogen) atoms. The number of carbonyl (C=O) groups is 1. The van der Waals surface area contributed by atoms with E-state index in [0.717, 1.165) is 10.4 Å². The van der Waals surface area contributed by atoms with E-state index in [0.29, 0.717) is 17.8 Å². The second kappa shape index (κ2) is 4.27. The fourth-order valence-electron chi connectivity index (χ4n) is 1.74. The highest BCUT2D eigenvalue weighted by atomic mass is 32.2. The molecule has 1 N–H and O–H groups in total. The van der Waals surface area contributed by atoms with Gasteiger partial charge in [-0.15, -0.1) is 11.3 Å². The zero-order chi connectivity index (χ0) is 11.8. The normalized spacial score (nSPS) is 18.1. The smallest absolute Gasteiger partial charge is 0.186 e. The van der Waals surface area contributed by atoms with E-state index in [2.05, 4.69) is 5.32 Å². The standard InChI is InChI=1S/C10H13NO3S2/c1-11-5-8(12)10-4-7-6-16(13,14)3-2-9(7)15-10/h4,11H,2-3,5-6H2,1H3. The minimum atomic E-state index is -2.94. The van der Waals surface area contributed by atoms with Crippen LogP contribution in [0.4, 0.5) is 0 Å². The molecule has 0 fully saturated rings. The second-order valence-corrected chi connectivity index (χ2v) is 7.18. The first-order valence-corrected chi connectivity index (χ1v) is 7.65. The van der Waals surface area contributed by atoms with Crippen molar-refractivity contribution in [2.75, 3.05) is 19.3 Å². The third-order valence-electron chi connectivity index (χ3n) is 2.52. The molecule has 0 saturated carbocycles. The highest BCUT2D eigenvalue weighted by Crippen LogP contribution is 2.29. The Hall–Kier alpha value is -0.720. The van der Waals surface area contributed by atoms with Gasteiger partial charge < -0.3 is 5.32 Å². The van der Waals surface area contributed by atoms with Gasteiger partial charge in [-0.05, 0) is 25.1 Å². The quantitative estimate of drug-likeness (QED) is 0.808. The second-order valence-electron chi connectivity index (χ2n) is 3.85. The number of aryl methyl sites for hydroxylation is 1. The number of thiophene rings is 1. The van der Waals surface area contributed by atoms with Gasteiger partial charge >= 0.3 is 0 Å². The van der Waals surface area contributed by atoms with E-state index in [4.69, 9.17) is 0 Å². The Morgan fingerprint density at radius 2 is 2.31 bits per heavy atom. The summed E-state index contributed by atoms with van der Waals surface area (Å²) in [7, 11) is -1.22. The number of sulfone groups is 1. The Morgan fingerprint density at radius 3 is 3.00 bits per heavy atom. The molecular formula is C10H13NO3S2. The monoisotopic (exact) mass is 259 g/mol. The highest BCUT2D eigenvalue weighted by molar-refractivity contribution is 7.90. The van der Waals surface area contributed by atoms with Crippen LogP contribution in [-0.2, 0) is 22.0 Å². The molecule has 0 bridgehead atoms. The first-order valence-electron chi connectivity index (χ1n) is 5.01. The minimum Gasteiger partial charge on any atom is -0.313 e. The maximum Gasteiger partial charge on any atom is 0.186 e. The number of carbonyl (C=O) groups excluding carboxylic acids is 1. The number of fused-ring (bicyclic) bond motifs is 1. The summed E-state index contributed by atoms with van der Waals surface area (Å²) in [5.41, 5.74) is 0.815. The summed E-state index contributed by atoms with van der Waals surface area (Å²) < 4.78 is 22.9. The van der Waals surface area contributed by atoms with Crippen LogP contribution in [0.15, 0.2) is 6.07 Å². The Kier molecular flexibility index (Phi) is 3.14. The van der Waals surface area contributed by atoms with Gasteiger partial charge in [0.25, 0.3) is 0 Å². The van der Waals surface area contributed by atoms with Crippen molar-refractivity contribution in [3.05, 3.63) is 21.4 Å². The van der Waals surface area contributed by atoms with Crippen molar-refractivity contribution in [3.8, 4) is 0 Å². The maximum atomic E-state index is 11.6. The van der Waals surface area contributed by atoms with Gasteiger partial charge in [-0.3, -0.25) is 4.79 Å². The lowest BCUT2D eigenvalue weighted by Crippen LogP contribution is -2.17. The maximum absolute atomic E-state index is 11.6. The molecule has 1 aromatic heterocycles. The number of Topliss-reactive ketones (excluding diaryl/α,β-unsaturated/α-hetero) is 1. The van der Waals surface area contributed by atoms with Gasteiger partial charge in [-0.25, -0.2) is 8.42 Å². The molecule has 0 unspecified atom stereocenters. The average molecular weight is 259 g/mol. The summed E-state index contributed by atoms with van der Waals surface area (Å²) in [5, 5.41) is 2.80. The molecular weight excluding hydrogens is 246 g/mol. The summed E-state index contributed by atoms with van der Waals surface area (Å²) in [6.07, 6.45) is 0.551. The molecule has 1 aromatic rings. The van der Waals surface area contributed by atoms with Gasteiger partial charge in [-0.1, -0.05) is 0 Å². The summed E-state index contributed by atoms with van der Waals surface area (Å²) >= 11 is 1.43. The highest BCUT2D eigenvalue weighted by Gasteiger charge is 2.24. The molecule has 1 aliphatic rings. The van der Waals surface area contributed by atoms with Crippen LogP contribution >= 0.6 is 11.3 Å². The van der Waals surface area contributed by atoms with Crippen molar-refractivity contribution in [3.63, 3.8) is 0 Å². The largest absolute Gasteiger partial charge is 0.313 e. The molecule has 0 aliphatic carbocycles. The van der Waals surface area contributed by atoms with E-state index in [1.165, 1.54) is 11.3 Å². The van der Waals surface area contributed by atoms with Crippen LogP contribution in [0.1, 0.15) is 20.1 Å². The fraction of sp³-hybridized carbons (Fsp3) is 0.500. The summed E-state index contributed by atoms with van der Waals surface area (Å²) in [5.74, 6) is 0.325. The summed E-state index contributed by atoms with van der Waals surface area (Å²) in [6.45, 7) is 0.298. The summed E-state index contributed by atoms with van der Waals surface area (Å²) in [6, 6.07) is 1.73. The lowest BCUT2D eigenvalue weighted by molar-refractivity contribution is 0.0997. The third kappa shape index (κ3) is 2.34. The number of ketones is 1. The molecule has 0 spiro atoms. The van der Waals surface area contributed by atoms with Gasteiger partial charge in [0.05, 0.1) is 22.9 Å². The molecule has 0 saturated heterocycles. The van der Waals surface area contributed by atoms with Gasteiger partial charge in [0.1, 0.15) is 0 Å². The van der Waals surface area contributed by atoms with Crippen molar-refractivity contribution >= 4 is 27.0 Å². The van der Waals surface area contributed by atoms with Crippen molar-refractivity contribution < 1.29 is 13.2 Å². The molecule has 6 heteroatoms. The first kappa shape index (κ1) is 11.8. The third-order valence-corrected chi connectivity index (χ3v) is 5.38. The molecule has 0 atom stereocenters. The van der Waals surface area contributed by atoms with E-state index in [-0.39, 0.29) is 17.3 Å². The van der Waals surface area contributed by atoms with E-state index in [9.17, 15) is 13.2 Å². The molecule has 0 aromatic carbocycles. The number of hydrogen-bond donors (Lipinski definition) is 1. The lowest BCUT2D eigenvalue weighted by atomic mass is 10.2. The fourth-order valence-corrected chi connectivity index (χ4v) is 4.47. The van der Waals surface area contributed by atoms with E-state index in [1.54, 1.807) is 13.1 Å². The lowest BCUT2D eigenvalue weighted by Gasteiger charge is -2.10. The van der Waals surface area contributed by atoms with Crippen LogP contribution in [0, 0.1) is 0 Å². The zero-order valence-electron chi connectivity index (χ0n) is 8.95. The Morgan fingerprint density at radius 1 is 1.56 bits per heavy atom. The Balaban J connectivity index is 2.28. The van der Waals surface area contributed by atoms with Crippen LogP contribution in [0.3, 0.4) is 0 Å². The molecule has 1 aliphatic heterocycles. The van der Waals surface area contributed by atoms with E-state index >= 15 is 0 Å². The Bertz CT molecular complexity index is 516. The topological polar surface area (TPSA) is 63.2 Å². The predicted molar refractivity (Wildman–Crippen MR) is 63.8 cm³/mol. The van der Waals surface area contributed by atoms with Gasteiger partial charge in [0.15, 0.2) is 15.6 Å².